The van der Waals surface area contributed by atoms with Crippen molar-refractivity contribution in [3.63, 3.8) is 0 Å². The van der Waals surface area contributed by atoms with Gasteiger partial charge in [-0.3, -0.25) is 10.0 Å². The van der Waals surface area contributed by atoms with Crippen LogP contribution in [0, 0.1) is 0 Å². The van der Waals surface area contributed by atoms with E-state index < -0.39 is 15.9 Å². The second-order valence-corrected chi connectivity index (χ2v) is 6.34. The van der Waals surface area contributed by atoms with Gasteiger partial charge >= 0.3 is 0 Å². The number of anilines is 1. The monoisotopic (exact) mass is 301 g/mol. The van der Waals surface area contributed by atoms with Crippen LogP contribution >= 0.6 is 0 Å². The molecule has 0 radical (unpaired) electrons. The minimum Gasteiger partial charge on any atom is -0.338 e. The summed E-state index contributed by atoms with van der Waals surface area (Å²) in [5.41, 5.74) is 1.64. The molecule has 0 spiro atoms. The van der Waals surface area contributed by atoms with Gasteiger partial charge in [0.15, 0.2) is 0 Å². The molecule has 110 valence electrons. The van der Waals surface area contributed by atoms with E-state index in [1.54, 1.807) is 0 Å². The summed E-state index contributed by atoms with van der Waals surface area (Å²) in [4.78, 5) is 21.0. The molecule has 1 amide bonds. The number of amides is 1. The molecule has 0 saturated carbocycles. The molecule has 1 aromatic rings. The fourth-order valence-electron chi connectivity index (χ4n) is 1.89. The first-order chi connectivity index (χ1) is 9.41. The Bertz CT molecular complexity index is 580. The summed E-state index contributed by atoms with van der Waals surface area (Å²) in [7, 11) is -3.17. The molecule has 2 heterocycles. The van der Waals surface area contributed by atoms with E-state index in [-0.39, 0.29) is 5.56 Å². The molecule has 1 aliphatic heterocycles. The van der Waals surface area contributed by atoms with Gasteiger partial charge in [-0.05, 0) is 0 Å². The van der Waals surface area contributed by atoms with E-state index in [1.165, 1.54) is 28.4 Å². The summed E-state index contributed by atoms with van der Waals surface area (Å²) >= 11 is 0. The van der Waals surface area contributed by atoms with Gasteiger partial charge in [-0.1, -0.05) is 0 Å². The first kappa shape index (κ1) is 14.6. The molecule has 0 atom stereocenters. The van der Waals surface area contributed by atoms with Crippen LogP contribution < -0.4 is 10.4 Å². The summed E-state index contributed by atoms with van der Waals surface area (Å²) in [6.45, 7) is 1.72. The largest absolute Gasteiger partial charge is 0.338 e. The lowest BCUT2D eigenvalue weighted by molar-refractivity contribution is 0.0705. The number of hydrogen-bond donors (Lipinski definition) is 2. The van der Waals surface area contributed by atoms with Crippen LogP contribution in [0.5, 0.6) is 0 Å². The average Bonchev–Trinajstić information content (AvgIpc) is 2.46. The maximum Gasteiger partial charge on any atom is 0.277 e. The van der Waals surface area contributed by atoms with Gasteiger partial charge in [0.05, 0.1) is 11.8 Å². The maximum absolute atomic E-state index is 11.4. The minimum absolute atomic E-state index is 0.144. The molecule has 2 rings (SSSR count). The smallest absolute Gasteiger partial charge is 0.277 e. The van der Waals surface area contributed by atoms with Crippen LogP contribution in [0.15, 0.2) is 12.4 Å². The number of aromatic nitrogens is 2. The summed E-state index contributed by atoms with van der Waals surface area (Å²) in [6, 6.07) is 0. The fraction of sp³-hybridized carbons (Fsp3) is 0.500. The van der Waals surface area contributed by atoms with Gasteiger partial charge in [-0.15, -0.1) is 0 Å². The highest BCUT2D eigenvalue weighted by Gasteiger charge is 2.24. The number of nitrogens with zero attached hydrogens (tertiary/aromatic N) is 4. The van der Waals surface area contributed by atoms with Gasteiger partial charge in [-0.25, -0.2) is 23.9 Å². The zero-order valence-electron chi connectivity index (χ0n) is 10.9. The van der Waals surface area contributed by atoms with E-state index in [0.717, 1.165) is 0 Å². The third kappa shape index (κ3) is 3.21. The zero-order chi connectivity index (χ0) is 14.8. The topological polar surface area (TPSA) is 116 Å². The van der Waals surface area contributed by atoms with Gasteiger partial charge in [0.25, 0.3) is 5.91 Å². The minimum atomic E-state index is -3.17. The Balaban J connectivity index is 2.02. The highest BCUT2D eigenvalue weighted by Crippen LogP contribution is 2.12. The van der Waals surface area contributed by atoms with E-state index in [9.17, 15) is 13.2 Å². The molecular formula is C10H15N5O4S. The van der Waals surface area contributed by atoms with Gasteiger partial charge in [0.1, 0.15) is 0 Å². The van der Waals surface area contributed by atoms with E-state index in [1.807, 2.05) is 4.90 Å². The number of piperazine rings is 1. The highest BCUT2D eigenvalue weighted by molar-refractivity contribution is 7.88. The van der Waals surface area contributed by atoms with Crippen molar-refractivity contribution in [3.8, 4) is 0 Å². The predicted octanol–water partition coefficient (Wildman–Crippen LogP) is -1.32. The van der Waals surface area contributed by atoms with Crippen molar-refractivity contribution in [1.29, 1.82) is 0 Å². The number of hydrogen-bond acceptors (Lipinski definition) is 7. The molecule has 1 aliphatic rings. The van der Waals surface area contributed by atoms with Crippen LogP contribution in [0.25, 0.3) is 0 Å². The summed E-state index contributed by atoms with van der Waals surface area (Å²) in [6.07, 6.45) is 3.79. The van der Waals surface area contributed by atoms with Crippen LogP contribution in [0.3, 0.4) is 0 Å². The molecule has 2 N–H and O–H groups in total. The Morgan fingerprint density at radius 1 is 1.25 bits per heavy atom. The van der Waals surface area contributed by atoms with E-state index in [2.05, 4.69) is 9.97 Å². The third-order valence-corrected chi connectivity index (χ3v) is 4.30. The lowest BCUT2D eigenvalue weighted by Gasteiger charge is -2.33. The Kier molecular flexibility index (Phi) is 4.16. The molecule has 1 aromatic heterocycles. The van der Waals surface area contributed by atoms with Crippen molar-refractivity contribution < 1.29 is 18.4 Å². The van der Waals surface area contributed by atoms with Gasteiger partial charge in [0, 0.05) is 38.6 Å². The molecule has 0 unspecified atom stereocenters. The van der Waals surface area contributed by atoms with Crippen LogP contribution in [0.4, 0.5) is 5.95 Å². The fourth-order valence-corrected chi connectivity index (χ4v) is 2.71. The second kappa shape index (κ2) is 5.69. The van der Waals surface area contributed by atoms with Crippen LogP contribution in [-0.4, -0.2) is 66.2 Å². The number of rotatable bonds is 3. The van der Waals surface area contributed by atoms with E-state index >= 15 is 0 Å². The first-order valence-electron chi connectivity index (χ1n) is 5.88. The summed E-state index contributed by atoms with van der Waals surface area (Å²) in [5, 5.41) is 8.48. The normalized spacial score (nSPS) is 17.0. The molecule has 1 fully saturated rings. The summed E-state index contributed by atoms with van der Waals surface area (Å²) in [5.74, 6) is -0.258. The van der Waals surface area contributed by atoms with Gasteiger partial charge in [-0.2, -0.15) is 4.31 Å². The van der Waals surface area contributed by atoms with Crippen molar-refractivity contribution >= 4 is 21.9 Å². The second-order valence-electron chi connectivity index (χ2n) is 4.36. The van der Waals surface area contributed by atoms with E-state index in [4.69, 9.17) is 5.21 Å². The first-order valence-corrected chi connectivity index (χ1v) is 7.73. The van der Waals surface area contributed by atoms with Crippen molar-refractivity contribution in [2.75, 3.05) is 37.3 Å². The molecular weight excluding hydrogens is 286 g/mol. The molecule has 0 aliphatic carbocycles. The van der Waals surface area contributed by atoms with Crippen molar-refractivity contribution in [1.82, 2.24) is 19.8 Å². The molecule has 0 bridgehead atoms. The van der Waals surface area contributed by atoms with Crippen LogP contribution in [-0.2, 0) is 10.0 Å². The van der Waals surface area contributed by atoms with Crippen molar-refractivity contribution in [2.24, 2.45) is 0 Å². The lowest BCUT2D eigenvalue weighted by Crippen LogP contribution is -2.48. The number of nitrogens with one attached hydrogen (secondary N) is 1. The average molecular weight is 301 g/mol. The van der Waals surface area contributed by atoms with E-state index in [0.29, 0.717) is 32.1 Å². The maximum atomic E-state index is 11.4. The van der Waals surface area contributed by atoms with Crippen molar-refractivity contribution in [2.45, 2.75) is 0 Å². The Hall–Kier alpha value is -1.78. The predicted molar refractivity (Wildman–Crippen MR) is 69.9 cm³/mol. The zero-order valence-corrected chi connectivity index (χ0v) is 11.7. The molecule has 0 aromatic carbocycles. The lowest BCUT2D eigenvalue weighted by atomic mass is 10.3. The number of carbonyl (C=O) groups excluding carboxylic acids is 1. The SMILES string of the molecule is CS(=O)(=O)N1CCN(c2ncc(C(=O)NO)cn2)CC1. The van der Waals surface area contributed by atoms with Crippen LogP contribution in [0.1, 0.15) is 10.4 Å². The Morgan fingerprint density at radius 2 is 1.80 bits per heavy atom. The number of sulfonamides is 1. The van der Waals surface area contributed by atoms with Gasteiger partial charge < -0.3 is 4.90 Å². The van der Waals surface area contributed by atoms with Crippen molar-refractivity contribution in [3.05, 3.63) is 18.0 Å². The van der Waals surface area contributed by atoms with Gasteiger partial charge in [0.2, 0.25) is 16.0 Å². The molecule has 1 saturated heterocycles. The Labute approximate surface area is 116 Å². The Morgan fingerprint density at radius 3 is 2.25 bits per heavy atom. The highest BCUT2D eigenvalue weighted by atomic mass is 32.2. The third-order valence-electron chi connectivity index (χ3n) is 2.99. The molecule has 20 heavy (non-hydrogen) atoms. The number of carbonyl (C=O) groups is 1. The number of hydroxylamine groups is 1. The summed E-state index contributed by atoms with van der Waals surface area (Å²) < 4.78 is 24.2. The molecule has 10 heteroatoms. The quantitative estimate of drug-likeness (QED) is 0.525. The molecule has 9 nitrogen and oxygen atoms in total. The standard InChI is InChI=1S/C10H15N5O4S/c1-20(18,19)15-4-2-14(3-5-15)10-11-6-8(7-12-10)9(16)13-17/h6-7,17H,2-5H2,1H3,(H,13,16). The van der Waals surface area contributed by atoms with Crippen LogP contribution in [0.2, 0.25) is 0 Å².